The third kappa shape index (κ3) is 3.05. The molecule has 3 N–H and O–H groups in total. The Morgan fingerprint density at radius 2 is 2.04 bits per heavy atom. The maximum atomic E-state index is 12.7. The molecule has 134 valence electrons. The van der Waals surface area contributed by atoms with Gasteiger partial charge in [-0.05, 0) is 37.0 Å². The molecule has 6 heteroatoms. The number of nitrogens with two attached hydrogens (primary N) is 1. The van der Waals surface area contributed by atoms with Crippen LogP contribution in [0.25, 0.3) is 0 Å². The number of ether oxygens (including phenoxy) is 1. The SMILES string of the molecule is CC1(C)C2OCCCC2C1(N)C(=O)NCCc1ccc(Cl)cc1.Cl. The molecule has 1 aliphatic carbocycles. The molecule has 1 aliphatic heterocycles. The van der Waals surface area contributed by atoms with E-state index in [1.165, 1.54) is 0 Å². The quantitative estimate of drug-likeness (QED) is 0.853. The highest BCUT2D eigenvalue weighted by molar-refractivity contribution is 6.30. The van der Waals surface area contributed by atoms with Crippen molar-refractivity contribution in [2.75, 3.05) is 13.2 Å². The summed E-state index contributed by atoms with van der Waals surface area (Å²) in [5.41, 5.74) is 6.55. The number of hydrogen-bond donors (Lipinski definition) is 2. The van der Waals surface area contributed by atoms with Crippen molar-refractivity contribution >= 4 is 29.9 Å². The topological polar surface area (TPSA) is 64.3 Å². The zero-order valence-electron chi connectivity index (χ0n) is 14.2. The number of amides is 1. The number of rotatable bonds is 4. The van der Waals surface area contributed by atoms with Gasteiger partial charge in [-0.25, -0.2) is 0 Å². The second kappa shape index (κ2) is 7.20. The van der Waals surface area contributed by atoms with Crippen LogP contribution in [0, 0.1) is 11.3 Å². The molecule has 1 saturated heterocycles. The van der Waals surface area contributed by atoms with Gasteiger partial charge in [-0.2, -0.15) is 0 Å². The van der Waals surface area contributed by atoms with E-state index in [2.05, 4.69) is 5.32 Å². The van der Waals surface area contributed by atoms with Crippen LogP contribution in [0.3, 0.4) is 0 Å². The summed E-state index contributed by atoms with van der Waals surface area (Å²) in [4.78, 5) is 12.7. The van der Waals surface area contributed by atoms with Crippen LogP contribution < -0.4 is 11.1 Å². The lowest BCUT2D eigenvalue weighted by Crippen LogP contribution is -2.82. The lowest BCUT2D eigenvalue weighted by molar-refractivity contribution is -0.225. The molecule has 3 atom stereocenters. The molecule has 1 aromatic carbocycles. The summed E-state index contributed by atoms with van der Waals surface area (Å²) in [7, 11) is 0. The largest absolute Gasteiger partial charge is 0.377 e. The predicted octanol–water partition coefficient (Wildman–Crippen LogP) is 2.95. The van der Waals surface area contributed by atoms with Crippen molar-refractivity contribution in [2.45, 2.75) is 44.8 Å². The van der Waals surface area contributed by atoms with E-state index in [0.717, 1.165) is 36.5 Å². The molecule has 3 unspecified atom stereocenters. The van der Waals surface area contributed by atoms with Crippen molar-refractivity contribution < 1.29 is 9.53 Å². The van der Waals surface area contributed by atoms with E-state index in [4.69, 9.17) is 22.1 Å². The second-order valence-electron chi connectivity index (χ2n) is 7.26. The third-order valence-corrected chi connectivity index (χ3v) is 5.92. The van der Waals surface area contributed by atoms with Crippen molar-refractivity contribution in [1.29, 1.82) is 0 Å². The second-order valence-corrected chi connectivity index (χ2v) is 7.70. The van der Waals surface area contributed by atoms with E-state index in [1.807, 2.05) is 38.1 Å². The summed E-state index contributed by atoms with van der Waals surface area (Å²) < 4.78 is 5.85. The molecule has 24 heavy (non-hydrogen) atoms. The molecule has 2 fully saturated rings. The maximum absolute atomic E-state index is 12.7. The van der Waals surface area contributed by atoms with Gasteiger partial charge in [0.05, 0.1) is 6.10 Å². The predicted molar refractivity (Wildman–Crippen MR) is 98.6 cm³/mol. The van der Waals surface area contributed by atoms with Crippen LogP contribution in [-0.2, 0) is 16.0 Å². The molecular formula is C18H26Cl2N2O2. The van der Waals surface area contributed by atoms with Crippen molar-refractivity contribution in [1.82, 2.24) is 5.32 Å². The fraction of sp³-hybridized carbons (Fsp3) is 0.611. The molecule has 2 aliphatic rings. The smallest absolute Gasteiger partial charge is 0.241 e. The molecule has 1 amide bonds. The Labute approximate surface area is 154 Å². The molecule has 1 saturated carbocycles. The Hall–Kier alpha value is -0.810. The highest BCUT2D eigenvalue weighted by atomic mass is 35.5. The number of hydrogen-bond acceptors (Lipinski definition) is 3. The van der Waals surface area contributed by atoms with Crippen molar-refractivity contribution in [3.05, 3.63) is 34.9 Å². The summed E-state index contributed by atoms with van der Waals surface area (Å²) in [6.07, 6.45) is 2.82. The Bertz CT molecular complexity index is 591. The minimum atomic E-state index is -0.835. The molecule has 3 rings (SSSR count). The summed E-state index contributed by atoms with van der Waals surface area (Å²) in [6.45, 7) is 5.43. The lowest BCUT2D eigenvalue weighted by atomic mass is 9.46. The third-order valence-electron chi connectivity index (χ3n) is 5.67. The normalized spacial score (nSPS) is 30.5. The zero-order chi connectivity index (χ0) is 16.7. The molecule has 0 radical (unpaired) electrons. The average molecular weight is 373 g/mol. The first-order valence-electron chi connectivity index (χ1n) is 8.30. The van der Waals surface area contributed by atoms with E-state index in [9.17, 15) is 4.79 Å². The Morgan fingerprint density at radius 3 is 2.71 bits per heavy atom. The number of nitrogens with one attached hydrogen (secondary N) is 1. The maximum Gasteiger partial charge on any atom is 0.241 e. The number of fused-ring (bicyclic) bond motifs is 1. The van der Waals surface area contributed by atoms with E-state index < -0.39 is 5.54 Å². The molecule has 0 bridgehead atoms. The minimum Gasteiger partial charge on any atom is -0.377 e. The van der Waals surface area contributed by atoms with Gasteiger partial charge in [0.15, 0.2) is 0 Å². The fourth-order valence-corrected chi connectivity index (χ4v) is 4.28. The van der Waals surface area contributed by atoms with E-state index in [0.29, 0.717) is 6.54 Å². The number of carbonyl (C=O) groups is 1. The van der Waals surface area contributed by atoms with Crippen molar-refractivity contribution in [3.8, 4) is 0 Å². The van der Waals surface area contributed by atoms with Gasteiger partial charge in [0, 0.05) is 29.5 Å². The summed E-state index contributed by atoms with van der Waals surface area (Å²) in [5, 5.41) is 3.75. The van der Waals surface area contributed by atoms with Crippen LogP contribution in [0.5, 0.6) is 0 Å². The van der Waals surface area contributed by atoms with Gasteiger partial charge < -0.3 is 15.8 Å². The first-order chi connectivity index (χ1) is 10.9. The van der Waals surface area contributed by atoms with Gasteiger partial charge in [-0.1, -0.05) is 37.6 Å². The van der Waals surface area contributed by atoms with Gasteiger partial charge in [0.25, 0.3) is 0 Å². The average Bonchev–Trinajstić information content (AvgIpc) is 2.55. The van der Waals surface area contributed by atoms with Crippen LogP contribution in [0.4, 0.5) is 0 Å². The highest BCUT2D eigenvalue weighted by Gasteiger charge is 2.70. The molecular weight excluding hydrogens is 347 g/mol. The van der Waals surface area contributed by atoms with E-state index in [-0.39, 0.29) is 35.8 Å². The van der Waals surface area contributed by atoms with Crippen LogP contribution in [0.2, 0.25) is 5.02 Å². The minimum absolute atomic E-state index is 0. The highest BCUT2D eigenvalue weighted by Crippen LogP contribution is 2.57. The molecule has 1 aromatic rings. The van der Waals surface area contributed by atoms with Crippen molar-refractivity contribution in [2.24, 2.45) is 17.1 Å². The summed E-state index contributed by atoms with van der Waals surface area (Å²) in [6, 6.07) is 7.68. The molecule has 0 aromatic heterocycles. The van der Waals surface area contributed by atoms with Gasteiger partial charge >= 0.3 is 0 Å². The molecule has 1 heterocycles. The lowest BCUT2D eigenvalue weighted by Gasteiger charge is -2.65. The van der Waals surface area contributed by atoms with Crippen LogP contribution >= 0.6 is 24.0 Å². The van der Waals surface area contributed by atoms with E-state index >= 15 is 0 Å². The fourth-order valence-electron chi connectivity index (χ4n) is 4.15. The van der Waals surface area contributed by atoms with Crippen LogP contribution in [-0.4, -0.2) is 30.7 Å². The van der Waals surface area contributed by atoms with Gasteiger partial charge in [0.1, 0.15) is 5.54 Å². The van der Waals surface area contributed by atoms with Gasteiger partial charge in [-0.15, -0.1) is 12.4 Å². The number of halogens is 2. The first kappa shape index (κ1) is 19.5. The Morgan fingerprint density at radius 1 is 1.38 bits per heavy atom. The standard InChI is InChI=1S/C18H25ClN2O2.ClH/c1-17(2)15-14(4-3-11-23-15)18(17,20)16(22)21-10-9-12-5-7-13(19)8-6-12;/h5-8,14-15H,3-4,9-11,20H2,1-2H3,(H,21,22);1H. The van der Waals surface area contributed by atoms with Gasteiger partial charge in [-0.3, -0.25) is 4.79 Å². The monoisotopic (exact) mass is 372 g/mol. The van der Waals surface area contributed by atoms with Crippen molar-refractivity contribution in [3.63, 3.8) is 0 Å². The Kier molecular flexibility index (Phi) is 5.86. The molecule has 0 spiro atoms. The van der Waals surface area contributed by atoms with Crippen LogP contribution in [0.1, 0.15) is 32.3 Å². The number of benzene rings is 1. The first-order valence-corrected chi connectivity index (χ1v) is 8.68. The number of carbonyl (C=O) groups excluding carboxylic acids is 1. The molecule has 4 nitrogen and oxygen atoms in total. The van der Waals surface area contributed by atoms with Crippen LogP contribution in [0.15, 0.2) is 24.3 Å². The zero-order valence-corrected chi connectivity index (χ0v) is 15.8. The Balaban J connectivity index is 0.00000208. The summed E-state index contributed by atoms with van der Waals surface area (Å²) in [5.74, 6) is 0.0741. The summed E-state index contributed by atoms with van der Waals surface area (Å²) >= 11 is 5.88. The van der Waals surface area contributed by atoms with Gasteiger partial charge in [0.2, 0.25) is 5.91 Å². The van der Waals surface area contributed by atoms with E-state index in [1.54, 1.807) is 0 Å².